The van der Waals surface area contributed by atoms with Crippen LogP contribution in [0.5, 0.6) is 17.2 Å². The number of aliphatic hydroxyl groups excluding tert-OH is 1. The van der Waals surface area contributed by atoms with Gasteiger partial charge in [-0.2, -0.15) is 0 Å². The summed E-state index contributed by atoms with van der Waals surface area (Å²) >= 11 is 0. The highest BCUT2D eigenvalue weighted by Gasteiger charge is 2.19. The molecule has 0 amide bonds. The van der Waals surface area contributed by atoms with Gasteiger partial charge in [-0.05, 0) is 77.9 Å². The number of aliphatic hydroxyl groups is 1. The molecule has 4 nitrogen and oxygen atoms in total. The van der Waals surface area contributed by atoms with Gasteiger partial charge in [0.15, 0.2) is 0 Å². The van der Waals surface area contributed by atoms with Crippen LogP contribution in [0.2, 0.25) is 0 Å². The van der Waals surface area contributed by atoms with Crippen molar-refractivity contribution in [3.8, 4) is 39.5 Å². The van der Waals surface area contributed by atoms with Crippen LogP contribution >= 0.6 is 0 Å². The highest BCUT2D eigenvalue weighted by atomic mass is 16.5. The normalized spacial score (nSPS) is 10.8. The molecular formula is C31H32O4. The fourth-order valence-electron chi connectivity index (χ4n) is 4.46. The van der Waals surface area contributed by atoms with Crippen molar-refractivity contribution >= 4 is 0 Å². The molecule has 0 heterocycles. The van der Waals surface area contributed by atoms with E-state index < -0.39 is 0 Å². The Hall–Kier alpha value is -3.76. The van der Waals surface area contributed by atoms with E-state index in [4.69, 9.17) is 14.2 Å². The quantitative estimate of drug-likeness (QED) is 0.295. The molecule has 0 aromatic heterocycles. The van der Waals surface area contributed by atoms with Gasteiger partial charge in [0.25, 0.3) is 0 Å². The lowest BCUT2D eigenvalue weighted by Gasteiger charge is -2.21. The van der Waals surface area contributed by atoms with E-state index in [0.29, 0.717) is 13.0 Å². The summed E-state index contributed by atoms with van der Waals surface area (Å²) in [5, 5.41) is 9.83. The summed E-state index contributed by atoms with van der Waals surface area (Å²) in [6, 6.07) is 26.7. The average molecular weight is 469 g/mol. The Balaban J connectivity index is 1.92. The molecule has 0 radical (unpaired) electrons. The Morgan fingerprint density at radius 2 is 1.34 bits per heavy atom. The summed E-state index contributed by atoms with van der Waals surface area (Å²) in [5.41, 5.74) is 8.29. The highest BCUT2D eigenvalue weighted by molar-refractivity contribution is 5.85. The second-order valence-corrected chi connectivity index (χ2v) is 8.59. The number of benzene rings is 4. The summed E-state index contributed by atoms with van der Waals surface area (Å²) in [5.74, 6) is 2.49. The van der Waals surface area contributed by atoms with E-state index in [0.717, 1.165) is 61.8 Å². The van der Waals surface area contributed by atoms with E-state index in [-0.39, 0.29) is 6.61 Å². The van der Waals surface area contributed by atoms with Crippen LogP contribution in [0.4, 0.5) is 0 Å². The van der Waals surface area contributed by atoms with Crippen LogP contribution in [-0.4, -0.2) is 25.9 Å². The Kier molecular flexibility index (Phi) is 7.74. The minimum absolute atomic E-state index is 0.0568. The van der Waals surface area contributed by atoms with E-state index in [2.05, 4.69) is 48.5 Å². The molecule has 4 aromatic rings. The van der Waals surface area contributed by atoms with Crippen LogP contribution in [0.25, 0.3) is 22.3 Å². The fourth-order valence-corrected chi connectivity index (χ4v) is 4.46. The Bertz CT molecular complexity index is 1300. The van der Waals surface area contributed by atoms with E-state index in [1.165, 1.54) is 0 Å². The van der Waals surface area contributed by atoms with Crippen molar-refractivity contribution < 1.29 is 19.3 Å². The lowest BCUT2D eigenvalue weighted by molar-refractivity contribution is 0.297. The SMILES string of the molecule is COc1ccc(-c2ccc(CCO)c(-c3ccc(OC)c(C)c3)c2OCc2ccccc2)cc1C. The van der Waals surface area contributed by atoms with Crippen LogP contribution in [0.15, 0.2) is 78.9 Å². The molecule has 0 spiro atoms. The molecule has 35 heavy (non-hydrogen) atoms. The van der Waals surface area contributed by atoms with E-state index >= 15 is 0 Å². The Labute approximate surface area is 207 Å². The van der Waals surface area contributed by atoms with Gasteiger partial charge in [-0.3, -0.25) is 0 Å². The van der Waals surface area contributed by atoms with Gasteiger partial charge in [-0.1, -0.05) is 54.6 Å². The molecule has 4 aromatic carbocycles. The zero-order valence-corrected chi connectivity index (χ0v) is 20.8. The number of methoxy groups -OCH3 is 2. The van der Waals surface area contributed by atoms with E-state index in [1.54, 1.807) is 14.2 Å². The maximum atomic E-state index is 9.83. The number of aryl methyl sites for hydroxylation is 2. The molecule has 4 rings (SSSR count). The molecule has 0 bridgehead atoms. The fraction of sp³-hybridized carbons (Fsp3) is 0.226. The number of ether oxygens (including phenoxy) is 3. The third-order valence-corrected chi connectivity index (χ3v) is 6.24. The summed E-state index contributed by atoms with van der Waals surface area (Å²) < 4.78 is 17.6. The van der Waals surface area contributed by atoms with E-state index in [9.17, 15) is 5.11 Å². The highest BCUT2D eigenvalue weighted by Crippen LogP contribution is 2.43. The number of hydrogen-bond donors (Lipinski definition) is 1. The molecule has 0 aliphatic rings. The predicted octanol–water partition coefficient (Wildman–Crippen LogP) is 6.77. The van der Waals surface area contributed by atoms with Crippen LogP contribution in [0, 0.1) is 13.8 Å². The minimum Gasteiger partial charge on any atom is -0.496 e. The van der Waals surface area contributed by atoms with Crippen molar-refractivity contribution in [2.75, 3.05) is 20.8 Å². The molecule has 0 unspecified atom stereocenters. The third-order valence-electron chi connectivity index (χ3n) is 6.24. The van der Waals surface area contributed by atoms with Gasteiger partial charge in [-0.15, -0.1) is 0 Å². The van der Waals surface area contributed by atoms with Crippen LogP contribution in [0.1, 0.15) is 22.3 Å². The molecule has 0 aliphatic carbocycles. The maximum Gasteiger partial charge on any atom is 0.135 e. The van der Waals surface area contributed by atoms with Crippen LogP contribution in [0.3, 0.4) is 0 Å². The van der Waals surface area contributed by atoms with Gasteiger partial charge in [-0.25, -0.2) is 0 Å². The zero-order chi connectivity index (χ0) is 24.8. The first-order valence-electron chi connectivity index (χ1n) is 11.8. The molecular weight excluding hydrogens is 436 g/mol. The smallest absolute Gasteiger partial charge is 0.135 e. The topological polar surface area (TPSA) is 47.9 Å². The molecule has 0 fully saturated rings. The van der Waals surface area contributed by atoms with E-state index in [1.807, 2.05) is 44.2 Å². The summed E-state index contributed by atoms with van der Waals surface area (Å²) in [7, 11) is 3.37. The first kappa shape index (κ1) is 24.4. The monoisotopic (exact) mass is 468 g/mol. The molecule has 0 atom stereocenters. The van der Waals surface area contributed by atoms with Crippen molar-refractivity contribution in [1.29, 1.82) is 0 Å². The molecule has 0 aliphatic heterocycles. The number of rotatable bonds is 9. The second kappa shape index (κ2) is 11.1. The van der Waals surface area contributed by atoms with Gasteiger partial charge in [0.05, 0.1) is 14.2 Å². The lowest BCUT2D eigenvalue weighted by atomic mass is 9.90. The molecule has 1 N–H and O–H groups in total. The van der Waals surface area contributed by atoms with Crippen molar-refractivity contribution in [3.63, 3.8) is 0 Å². The largest absolute Gasteiger partial charge is 0.496 e. The molecule has 0 saturated heterocycles. The molecule has 0 saturated carbocycles. The summed E-state index contributed by atoms with van der Waals surface area (Å²) in [4.78, 5) is 0. The number of hydrogen-bond acceptors (Lipinski definition) is 4. The summed E-state index contributed by atoms with van der Waals surface area (Å²) in [6.07, 6.45) is 0.532. The molecule has 4 heteroatoms. The zero-order valence-electron chi connectivity index (χ0n) is 20.8. The molecule has 180 valence electrons. The Morgan fingerprint density at radius 3 is 1.94 bits per heavy atom. The first-order valence-corrected chi connectivity index (χ1v) is 11.8. The summed E-state index contributed by atoms with van der Waals surface area (Å²) in [6.45, 7) is 4.57. The van der Waals surface area contributed by atoms with Crippen molar-refractivity contribution in [2.45, 2.75) is 26.9 Å². The average Bonchev–Trinajstić information content (AvgIpc) is 2.88. The third kappa shape index (κ3) is 5.33. The van der Waals surface area contributed by atoms with Crippen molar-refractivity contribution in [3.05, 3.63) is 101 Å². The Morgan fingerprint density at radius 1 is 0.714 bits per heavy atom. The second-order valence-electron chi connectivity index (χ2n) is 8.59. The van der Waals surface area contributed by atoms with Gasteiger partial charge < -0.3 is 19.3 Å². The van der Waals surface area contributed by atoms with Gasteiger partial charge in [0.2, 0.25) is 0 Å². The lowest BCUT2D eigenvalue weighted by Crippen LogP contribution is -2.03. The van der Waals surface area contributed by atoms with Gasteiger partial charge in [0.1, 0.15) is 23.9 Å². The minimum atomic E-state index is 0.0568. The standard InChI is InChI=1S/C31H32O4/c1-21-18-25(11-14-28(21)33-3)27-13-10-24(16-17-32)30(26-12-15-29(34-4)22(2)19-26)31(27)35-20-23-8-6-5-7-9-23/h5-15,18-19,32H,16-17,20H2,1-4H3. The van der Waals surface area contributed by atoms with Gasteiger partial charge in [0, 0.05) is 17.7 Å². The maximum absolute atomic E-state index is 9.83. The van der Waals surface area contributed by atoms with Crippen LogP contribution < -0.4 is 14.2 Å². The van der Waals surface area contributed by atoms with Crippen LogP contribution in [-0.2, 0) is 13.0 Å². The van der Waals surface area contributed by atoms with Crippen molar-refractivity contribution in [1.82, 2.24) is 0 Å². The predicted molar refractivity (Wildman–Crippen MR) is 141 cm³/mol. The first-order chi connectivity index (χ1) is 17.0. The van der Waals surface area contributed by atoms with Gasteiger partial charge >= 0.3 is 0 Å². The van der Waals surface area contributed by atoms with Crippen molar-refractivity contribution in [2.24, 2.45) is 0 Å².